The SMILES string of the molecule is O=C1CCC2(CC1=CO)OCCO2. The van der Waals surface area contributed by atoms with Crippen molar-refractivity contribution in [3.05, 3.63) is 11.8 Å². The van der Waals surface area contributed by atoms with Crippen molar-refractivity contribution in [3.8, 4) is 0 Å². The molecule has 13 heavy (non-hydrogen) atoms. The maximum atomic E-state index is 11.2. The Morgan fingerprint density at radius 2 is 2.08 bits per heavy atom. The Balaban J connectivity index is 2.14. The molecule has 4 nitrogen and oxygen atoms in total. The minimum atomic E-state index is -0.623. The lowest BCUT2D eigenvalue weighted by Gasteiger charge is -2.31. The van der Waals surface area contributed by atoms with Crippen LogP contribution in [0.1, 0.15) is 19.3 Å². The summed E-state index contributed by atoms with van der Waals surface area (Å²) in [6.45, 7) is 1.15. The molecule has 0 radical (unpaired) electrons. The van der Waals surface area contributed by atoms with E-state index in [0.717, 1.165) is 6.26 Å². The van der Waals surface area contributed by atoms with Gasteiger partial charge in [-0.3, -0.25) is 4.79 Å². The molecule has 4 heteroatoms. The summed E-state index contributed by atoms with van der Waals surface area (Å²) in [7, 11) is 0. The maximum Gasteiger partial charge on any atom is 0.173 e. The summed E-state index contributed by atoms with van der Waals surface area (Å²) in [5.74, 6) is -0.630. The third-order valence-electron chi connectivity index (χ3n) is 2.52. The van der Waals surface area contributed by atoms with Crippen LogP contribution in [0.3, 0.4) is 0 Å². The van der Waals surface area contributed by atoms with Gasteiger partial charge in [0, 0.05) is 24.8 Å². The number of Topliss-reactive ketones (excluding diaryl/α,β-unsaturated/α-hetero) is 1. The molecule has 72 valence electrons. The van der Waals surface area contributed by atoms with Crippen molar-refractivity contribution < 1.29 is 19.4 Å². The van der Waals surface area contributed by atoms with Crippen LogP contribution in [0.4, 0.5) is 0 Å². The molecule has 2 rings (SSSR count). The van der Waals surface area contributed by atoms with Crippen molar-refractivity contribution in [1.29, 1.82) is 0 Å². The average molecular weight is 184 g/mol. The van der Waals surface area contributed by atoms with Gasteiger partial charge in [-0.25, -0.2) is 0 Å². The molecule has 1 saturated carbocycles. The number of ketones is 1. The first-order chi connectivity index (χ1) is 6.26. The van der Waals surface area contributed by atoms with Crippen molar-refractivity contribution in [3.63, 3.8) is 0 Å². The van der Waals surface area contributed by atoms with Gasteiger partial charge < -0.3 is 14.6 Å². The summed E-state index contributed by atoms with van der Waals surface area (Å²) >= 11 is 0. The van der Waals surface area contributed by atoms with Gasteiger partial charge in [0.1, 0.15) is 0 Å². The zero-order valence-electron chi connectivity index (χ0n) is 7.28. The second kappa shape index (κ2) is 3.12. The molecule has 0 aromatic heterocycles. The fraction of sp³-hybridized carbons (Fsp3) is 0.667. The molecule has 2 fully saturated rings. The minimum Gasteiger partial charge on any atom is -0.515 e. The highest BCUT2D eigenvalue weighted by atomic mass is 16.7. The number of aliphatic hydroxyl groups excluding tert-OH is 1. The molecule has 2 aliphatic rings. The van der Waals surface area contributed by atoms with Gasteiger partial charge in [-0.1, -0.05) is 0 Å². The van der Waals surface area contributed by atoms with E-state index in [4.69, 9.17) is 14.6 Å². The van der Waals surface area contributed by atoms with Crippen LogP contribution in [-0.4, -0.2) is 29.9 Å². The Bertz CT molecular complexity index is 250. The largest absolute Gasteiger partial charge is 0.515 e. The number of aliphatic hydroxyl groups is 1. The van der Waals surface area contributed by atoms with E-state index in [0.29, 0.717) is 38.0 Å². The quantitative estimate of drug-likeness (QED) is 0.449. The number of carbonyl (C=O) groups is 1. The highest BCUT2D eigenvalue weighted by Crippen LogP contribution is 2.36. The van der Waals surface area contributed by atoms with Gasteiger partial charge in [-0.15, -0.1) is 0 Å². The number of carbonyl (C=O) groups excluding carboxylic acids is 1. The summed E-state index contributed by atoms with van der Waals surface area (Å²) in [6, 6.07) is 0. The lowest BCUT2D eigenvalue weighted by atomic mass is 9.89. The first-order valence-corrected chi connectivity index (χ1v) is 4.40. The fourth-order valence-electron chi connectivity index (χ4n) is 1.80. The summed E-state index contributed by atoms with van der Waals surface area (Å²) in [5.41, 5.74) is 0.410. The van der Waals surface area contributed by atoms with Crippen molar-refractivity contribution in [2.75, 3.05) is 13.2 Å². The Morgan fingerprint density at radius 3 is 2.69 bits per heavy atom. The molecular weight excluding hydrogens is 172 g/mol. The number of hydrogen-bond acceptors (Lipinski definition) is 4. The van der Waals surface area contributed by atoms with Crippen molar-refractivity contribution in [2.24, 2.45) is 0 Å². The molecule has 1 heterocycles. The molecular formula is C9H12O4. The Kier molecular flexibility index (Phi) is 2.09. The fourth-order valence-corrected chi connectivity index (χ4v) is 1.80. The second-order valence-corrected chi connectivity index (χ2v) is 3.36. The van der Waals surface area contributed by atoms with E-state index in [1.54, 1.807) is 0 Å². The van der Waals surface area contributed by atoms with Gasteiger partial charge in [0.15, 0.2) is 11.6 Å². The van der Waals surface area contributed by atoms with Crippen LogP contribution in [0.25, 0.3) is 0 Å². The molecule has 0 unspecified atom stereocenters. The van der Waals surface area contributed by atoms with E-state index < -0.39 is 5.79 Å². The third-order valence-corrected chi connectivity index (χ3v) is 2.52. The second-order valence-electron chi connectivity index (χ2n) is 3.36. The zero-order chi connectivity index (χ0) is 9.31. The molecule has 0 aromatic carbocycles. The minimum absolute atomic E-state index is 0.00720. The molecule has 1 N–H and O–H groups in total. The highest BCUT2D eigenvalue weighted by Gasteiger charge is 2.42. The predicted molar refractivity (Wildman–Crippen MR) is 44.2 cm³/mol. The van der Waals surface area contributed by atoms with Crippen LogP contribution < -0.4 is 0 Å². The van der Waals surface area contributed by atoms with Gasteiger partial charge in [-0.05, 0) is 0 Å². The Labute approximate surface area is 76.1 Å². The molecule has 0 atom stereocenters. The standard InChI is InChI=1S/C9H12O4/c10-6-7-5-9(2-1-8(7)11)12-3-4-13-9/h6,10H,1-5H2. The lowest BCUT2D eigenvalue weighted by Crippen LogP contribution is -2.36. The summed E-state index contributed by atoms with van der Waals surface area (Å²) in [5, 5.41) is 8.81. The normalized spacial score (nSPS) is 30.2. The number of ether oxygens (including phenoxy) is 2. The van der Waals surface area contributed by atoms with Gasteiger partial charge in [-0.2, -0.15) is 0 Å². The van der Waals surface area contributed by atoms with Crippen LogP contribution in [0, 0.1) is 0 Å². The summed E-state index contributed by atoms with van der Waals surface area (Å²) in [6.07, 6.45) is 2.24. The zero-order valence-corrected chi connectivity index (χ0v) is 7.28. The van der Waals surface area contributed by atoms with E-state index in [1.807, 2.05) is 0 Å². The van der Waals surface area contributed by atoms with E-state index in [9.17, 15) is 4.79 Å². The molecule has 1 spiro atoms. The van der Waals surface area contributed by atoms with Gasteiger partial charge in [0.25, 0.3) is 0 Å². The maximum absolute atomic E-state index is 11.2. The molecule has 1 aliphatic heterocycles. The molecule has 1 saturated heterocycles. The van der Waals surface area contributed by atoms with Gasteiger partial charge >= 0.3 is 0 Å². The molecule has 0 aromatic rings. The lowest BCUT2D eigenvalue weighted by molar-refractivity contribution is -0.171. The first-order valence-electron chi connectivity index (χ1n) is 4.40. The van der Waals surface area contributed by atoms with E-state index in [2.05, 4.69) is 0 Å². The van der Waals surface area contributed by atoms with E-state index >= 15 is 0 Å². The topological polar surface area (TPSA) is 55.8 Å². The van der Waals surface area contributed by atoms with E-state index in [1.165, 1.54) is 0 Å². The molecule has 0 bridgehead atoms. The summed E-state index contributed by atoms with van der Waals surface area (Å²) < 4.78 is 10.9. The Hall–Kier alpha value is -0.870. The predicted octanol–water partition coefficient (Wildman–Crippen LogP) is 0.924. The highest BCUT2D eigenvalue weighted by molar-refractivity contribution is 5.96. The van der Waals surface area contributed by atoms with Crippen LogP contribution in [0.5, 0.6) is 0 Å². The van der Waals surface area contributed by atoms with Crippen molar-refractivity contribution >= 4 is 5.78 Å². The number of rotatable bonds is 0. The first kappa shape index (κ1) is 8.72. The van der Waals surface area contributed by atoms with Crippen LogP contribution in [-0.2, 0) is 14.3 Å². The van der Waals surface area contributed by atoms with Crippen LogP contribution in [0.2, 0.25) is 0 Å². The Morgan fingerprint density at radius 1 is 1.38 bits per heavy atom. The number of hydrogen-bond donors (Lipinski definition) is 1. The van der Waals surface area contributed by atoms with Gasteiger partial charge in [0.2, 0.25) is 0 Å². The monoisotopic (exact) mass is 184 g/mol. The van der Waals surface area contributed by atoms with Gasteiger partial charge in [0.05, 0.1) is 19.5 Å². The average Bonchev–Trinajstić information content (AvgIpc) is 2.59. The van der Waals surface area contributed by atoms with Crippen LogP contribution >= 0.6 is 0 Å². The van der Waals surface area contributed by atoms with E-state index in [-0.39, 0.29) is 5.78 Å². The summed E-state index contributed by atoms with van der Waals surface area (Å²) in [4.78, 5) is 11.2. The van der Waals surface area contributed by atoms with Crippen LogP contribution in [0.15, 0.2) is 11.8 Å². The van der Waals surface area contributed by atoms with Crippen molar-refractivity contribution in [2.45, 2.75) is 25.0 Å². The smallest absolute Gasteiger partial charge is 0.173 e. The van der Waals surface area contributed by atoms with Crippen molar-refractivity contribution in [1.82, 2.24) is 0 Å². The third kappa shape index (κ3) is 1.47. The molecule has 0 amide bonds. The molecule has 1 aliphatic carbocycles.